The first-order valence-corrected chi connectivity index (χ1v) is 7.17. The summed E-state index contributed by atoms with van der Waals surface area (Å²) in [5.74, 6) is -0.456. The first kappa shape index (κ1) is 15.8. The van der Waals surface area contributed by atoms with Crippen molar-refractivity contribution in [1.29, 1.82) is 5.26 Å². The molecule has 1 aromatic carbocycles. The van der Waals surface area contributed by atoms with Crippen LogP contribution in [-0.2, 0) is 9.53 Å². The summed E-state index contributed by atoms with van der Waals surface area (Å²) in [6.45, 7) is 3.28. The number of nitro groups is 1. The number of rotatable bonds is 4. The van der Waals surface area contributed by atoms with E-state index in [1.54, 1.807) is 13.0 Å². The van der Waals surface area contributed by atoms with E-state index in [1.165, 1.54) is 12.1 Å². The highest BCUT2D eigenvalue weighted by Crippen LogP contribution is 2.29. The second kappa shape index (κ2) is 6.89. The third-order valence-corrected chi connectivity index (χ3v) is 3.69. The van der Waals surface area contributed by atoms with Crippen molar-refractivity contribution in [3.63, 3.8) is 0 Å². The molecule has 0 radical (unpaired) electrons. The molecular weight excluding hydrogens is 286 g/mol. The van der Waals surface area contributed by atoms with Gasteiger partial charge >= 0.3 is 5.97 Å². The predicted molar refractivity (Wildman–Crippen MR) is 79.4 cm³/mol. The number of hydrogen-bond acceptors (Lipinski definition) is 6. The van der Waals surface area contributed by atoms with Gasteiger partial charge in [-0.15, -0.1) is 0 Å². The Kier molecular flexibility index (Phi) is 4.94. The Morgan fingerprint density at radius 2 is 2.36 bits per heavy atom. The van der Waals surface area contributed by atoms with Crippen LogP contribution in [0, 0.1) is 27.4 Å². The zero-order chi connectivity index (χ0) is 16.1. The van der Waals surface area contributed by atoms with E-state index in [0.717, 1.165) is 12.8 Å². The summed E-state index contributed by atoms with van der Waals surface area (Å²) in [6, 6.07) is 6.21. The van der Waals surface area contributed by atoms with Gasteiger partial charge in [-0.05, 0) is 25.8 Å². The van der Waals surface area contributed by atoms with Crippen molar-refractivity contribution in [3.8, 4) is 6.07 Å². The molecule has 0 aromatic heterocycles. The quantitative estimate of drug-likeness (QED) is 0.481. The van der Waals surface area contributed by atoms with Gasteiger partial charge in [-0.2, -0.15) is 5.26 Å². The van der Waals surface area contributed by atoms with Crippen molar-refractivity contribution >= 4 is 17.3 Å². The zero-order valence-corrected chi connectivity index (χ0v) is 12.3. The minimum atomic E-state index is -0.526. The van der Waals surface area contributed by atoms with Crippen LogP contribution in [0.2, 0.25) is 0 Å². The topological polar surface area (TPSA) is 96.5 Å². The molecule has 0 amide bonds. The van der Waals surface area contributed by atoms with Crippen molar-refractivity contribution < 1.29 is 14.5 Å². The largest absolute Gasteiger partial charge is 0.466 e. The molecule has 1 aliphatic rings. The van der Waals surface area contributed by atoms with Gasteiger partial charge in [0.1, 0.15) is 6.07 Å². The van der Waals surface area contributed by atoms with Crippen LogP contribution >= 0.6 is 0 Å². The number of nitriles is 1. The van der Waals surface area contributed by atoms with Gasteiger partial charge in [-0.25, -0.2) is 0 Å². The van der Waals surface area contributed by atoms with Crippen molar-refractivity contribution in [3.05, 3.63) is 33.9 Å². The van der Waals surface area contributed by atoms with Crippen molar-refractivity contribution in [2.24, 2.45) is 5.92 Å². The molecular formula is C15H17N3O4. The molecule has 1 saturated heterocycles. The van der Waals surface area contributed by atoms with Crippen LogP contribution in [0.5, 0.6) is 0 Å². The molecule has 0 bridgehead atoms. The van der Waals surface area contributed by atoms with Gasteiger partial charge in [0, 0.05) is 25.2 Å². The standard InChI is InChI=1S/C15H17N3O4/c1-2-22-15(19)11-4-3-7-17(10-11)14-6-5-13(18(20)21)8-12(14)9-16/h5-6,8,11H,2-4,7,10H2,1H3. The first-order chi connectivity index (χ1) is 10.6. The Balaban J connectivity index is 2.22. The third kappa shape index (κ3) is 3.34. The van der Waals surface area contributed by atoms with Gasteiger partial charge in [0.25, 0.3) is 5.69 Å². The fourth-order valence-electron chi connectivity index (χ4n) is 2.65. The van der Waals surface area contributed by atoms with E-state index in [9.17, 15) is 20.2 Å². The van der Waals surface area contributed by atoms with Gasteiger partial charge in [-0.3, -0.25) is 14.9 Å². The van der Waals surface area contributed by atoms with Crippen LogP contribution in [-0.4, -0.2) is 30.6 Å². The molecule has 22 heavy (non-hydrogen) atoms. The number of anilines is 1. The fraction of sp³-hybridized carbons (Fsp3) is 0.467. The van der Waals surface area contributed by atoms with Crippen LogP contribution in [0.4, 0.5) is 11.4 Å². The molecule has 1 fully saturated rings. The van der Waals surface area contributed by atoms with Crippen molar-refractivity contribution in [2.45, 2.75) is 19.8 Å². The van der Waals surface area contributed by atoms with Gasteiger partial charge < -0.3 is 9.64 Å². The number of carbonyl (C=O) groups excluding carboxylic acids is 1. The van der Waals surface area contributed by atoms with Crippen LogP contribution < -0.4 is 4.90 Å². The number of non-ortho nitro benzene ring substituents is 1. The number of ether oxygens (including phenoxy) is 1. The van der Waals surface area contributed by atoms with Gasteiger partial charge in [-0.1, -0.05) is 0 Å². The predicted octanol–water partition coefficient (Wildman–Crippen LogP) is 2.25. The second-order valence-electron chi connectivity index (χ2n) is 5.11. The molecule has 1 unspecified atom stereocenters. The van der Waals surface area contributed by atoms with Crippen molar-refractivity contribution in [1.82, 2.24) is 0 Å². The Labute approximate surface area is 128 Å². The number of benzene rings is 1. The van der Waals surface area contributed by atoms with Crippen LogP contribution in [0.15, 0.2) is 18.2 Å². The lowest BCUT2D eigenvalue weighted by Gasteiger charge is -2.33. The summed E-state index contributed by atoms with van der Waals surface area (Å²) in [5.41, 5.74) is 0.764. The molecule has 1 heterocycles. The fourth-order valence-corrected chi connectivity index (χ4v) is 2.65. The molecule has 116 valence electrons. The average Bonchev–Trinajstić information content (AvgIpc) is 2.54. The Morgan fingerprint density at radius 1 is 1.59 bits per heavy atom. The lowest BCUT2D eigenvalue weighted by molar-refractivity contribution is -0.384. The number of nitro benzene ring substituents is 1. The van der Waals surface area contributed by atoms with Gasteiger partial charge in [0.15, 0.2) is 0 Å². The summed E-state index contributed by atoms with van der Waals surface area (Å²) >= 11 is 0. The molecule has 2 rings (SSSR count). The minimum Gasteiger partial charge on any atom is -0.466 e. The molecule has 0 aliphatic carbocycles. The first-order valence-electron chi connectivity index (χ1n) is 7.17. The van der Waals surface area contributed by atoms with E-state index in [0.29, 0.717) is 25.4 Å². The van der Waals surface area contributed by atoms with Crippen molar-refractivity contribution in [2.75, 3.05) is 24.6 Å². The number of nitrogens with zero attached hydrogens (tertiary/aromatic N) is 3. The summed E-state index contributed by atoms with van der Waals surface area (Å²) in [7, 11) is 0. The third-order valence-electron chi connectivity index (χ3n) is 3.69. The van der Waals surface area contributed by atoms with E-state index >= 15 is 0 Å². The lowest BCUT2D eigenvalue weighted by Crippen LogP contribution is -2.39. The van der Waals surface area contributed by atoms with Crippen LogP contribution in [0.3, 0.4) is 0 Å². The van der Waals surface area contributed by atoms with Gasteiger partial charge in [0.05, 0.1) is 28.7 Å². The highest BCUT2D eigenvalue weighted by Gasteiger charge is 2.28. The normalized spacial score (nSPS) is 17.6. The molecule has 7 heteroatoms. The maximum atomic E-state index is 11.9. The Morgan fingerprint density at radius 3 is 3.00 bits per heavy atom. The Hall–Kier alpha value is -2.62. The summed E-state index contributed by atoms with van der Waals surface area (Å²) in [6.07, 6.45) is 1.57. The number of hydrogen-bond donors (Lipinski definition) is 0. The molecule has 0 N–H and O–H groups in total. The molecule has 0 spiro atoms. The number of piperidine rings is 1. The molecule has 1 aromatic rings. The summed E-state index contributed by atoms with van der Waals surface area (Å²) in [5, 5.41) is 20.0. The number of esters is 1. The molecule has 1 atom stereocenters. The molecule has 7 nitrogen and oxygen atoms in total. The van der Waals surface area contributed by atoms with E-state index in [1.807, 2.05) is 11.0 Å². The van der Waals surface area contributed by atoms with E-state index in [2.05, 4.69) is 0 Å². The highest BCUT2D eigenvalue weighted by atomic mass is 16.6. The summed E-state index contributed by atoms with van der Waals surface area (Å²) < 4.78 is 5.05. The van der Waals surface area contributed by atoms with Crippen LogP contribution in [0.25, 0.3) is 0 Å². The summed E-state index contributed by atoms with van der Waals surface area (Å²) in [4.78, 5) is 24.1. The van der Waals surface area contributed by atoms with Crippen LogP contribution in [0.1, 0.15) is 25.3 Å². The molecule has 1 aliphatic heterocycles. The van der Waals surface area contributed by atoms with Gasteiger partial charge in [0.2, 0.25) is 0 Å². The van der Waals surface area contributed by atoms with E-state index in [4.69, 9.17) is 4.74 Å². The smallest absolute Gasteiger partial charge is 0.310 e. The molecule has 0 saturated carbocycles. The van der Waals surface area contributed by atoms with E-state index in [-0.39, 0.29) is 23.1 Å². The minimum absolute atomic E-state index is 0.112. The lowest BCUT2D eigenvalue weighted by atomic mass is 9.97. The maximum absolute atomic E-state index is 11.9. The zero-order valence-electron chi connectivity index (χ0n) is 12.3. The second-order valence-corrected chi connectivity index (χ2v) is 5.11. The average molecular weight is 303 g/mol. The van der Waals surface area contributed by atoms with E-state index < -0.39 is 4.92 Å². The highest BCUT2D eigenvalue weighted by molar-refractivity contribution is 5.74. The maximum Gasteiger partial charge on any atom is 0.310 e. The number of carbonyl (C=O) groups is 1. The SMILES string of the molecule is CCOC(=O)C1CCCN(c2ccc([N+](=O)[O-])cc2C#N)C1. The Bertz CT molecular complexity index is 624. The monoisotopic (exact) mass is 303 g/mol.